The van der Waals surface area contributed by atoms with E-state index in [9.17, 15) is 5.11 Å². The van der Waals surface area contributed by atoms with E-state index in [1.165, 1.54) is 6.42 Å². The molecule has 0 saturated heterocycles. The third-order valence-corrected chi connectivity index (χ3v) is 2.91. The molecule has 0 atom stereocenters. The normalized spacial score (nSPS) is 10.5. The lowest BCUT2D eigenvalue weighted by Gasteiger charge is -2.03. The van der Waals surface area contributed by atoms with Crippen molar-refractivity contribution < 1.29 is 9.84 Å². The number of phenols is 1. The maximum absolute atomic E-state index is 9.24. The van der Waals surface area contributed by atoms with Crippen molar-refractivity contribution in [3.8, 4) is 5.75 Å². The van der Waals surface area contributed by atoms with Gasteiger partial charge in [0.2, 0.25) is 0 Å². The maximum atomic E-state index is 9.24. The molecule has 1 aromatic rings. The number of thioether (sulfide) groups is 1. The van der Waals surface area contributed by atoms with Gasteiger partial charge >= 0.3 is 0 Å². The van der Waals surface area contributed by atoms with Crippen LogP contribution in [0.15, 0.2) is 29.2 Å². The van der Waals surface area contributed by atoms with Gasteiger partial charge in [0.05, 0.1) is 6.61 Å². The first kappa shape index (κ1) is 12.4. The largest absolute Gasteiger partial charge is 0.508 e. The van der Waals surface area contributed by atoms with Gasteiger partial charge in [0, 0.05) is 17.3 Å². The summed E-state index contributed by atoms with van der Waals surface area (Å²) in [5, 5.41) is 9.24. The van der Waals surface area contributed by atoms with Crippen LogP contribution >= 0.6 is 11.8 Å². The Labute approximate surface area is 95.7 Å². The second-order valence-electron chi connectivity index (χ2n) is 3.31. The fraction of sp³-hybridized carbons (Fsp3) is 0.500. The number of ether oxygens (including phenoxy) is 1. The molecule has 0 aromatic heterocycles. The van der Waals surface area contributed by atoms with E-state index in [-0.39, 0.29) is 0 Å². The molecule has 0 aliphatic rings. The molecule has 1 aromatic carbocycles. The summed E-state index contributed by atoms with van der Waals surface area (Å²) in [4.78, 5) is 1.09. The number of benzene rings is 1. The lowest BCUT2D eigenvalue weighted by Crippen LogP contribution is -1.98. The molecule has 3 heteroatoms. The third kappa shape index (κ3) is 5.70. The van der Waals surface area contributed by atoms with Crippen molar-refractivity contribution in [1.82, 2.24) is 0 Å². The number of hydrogen-bond donors (Lipinski definition) is 1. The van der Waals surface area contributed by atoms with Crippen molar-refractivity contribution in [3.05, 3.63) is 24.3 Å². The van der Waals surface area contributed by atoms with Gasteiger partial charge in [-0.3, -0.25) is 0 Å². The summed E-state index contributed by atoms with van der Waals surface area (Å²) in [6, 6.07) is 7.31. The molecule has 0 heterocycles. The highest BCUT2D eigenvalue weighted by molar-refractivity contribution is 7.99. The number of unbranched alkanes of at least 4 members (excludes halogenated alkanes) is 1. The second kappa shape index (κ2) is 7.60. The molecule has 0 amide bonds. The summed E-state index contributed by atoms with van der Waals surface area (Å²) < 4.78 is 5.44. The molecule has 84 valence electrons. The maximum Gasteiger partial charge on any atom is 0.116 e. The molecular formula is C12H18O2S. The first-order chi connectivity index (χ1) is 7.33. The minimum atomic E-state index is 0.326. The molecule has 0 spiro atoms. The van der Waals surface area contributed by atoms with Gasteiger partial charge in [0.15, 0.2) is 0 Å². The highest BCUT2D eigenvalue weighted by atomic mass is 32.2. The highest BCUT2D eigenvalue weighted by Gasteiger charge is 1.95. The second-order valence-corrected chi connectivity index (χ2v) is 4.48. The quantitative estimate of drug-likeness (QED) is 0.571. The predicted octanol–water partition coefficient (Wildman–Crippen LogP) is 3.30. The van der Waals surface area contributed by atoms with Gasteiger partial charge in [-0.25, -0.2) is 0 Å². The van der Waals surface area contributed by atoms with Crippen LogP contribution in [0.5, 0.6) is 5.75 Å². The highest BCUT2D eigenvalue weighted by Crippen LogP contribution is 2.21. The molecule has 2 nitrogen and oxygen atoms in total. The molecule has 0 saturated carbocycles. The number of hydrogen-bond acceptors (Lipinski definition) is 3. The van der Waals surface area contributed by atoms with E-state index in [1.807, 2.05) is 12.1 Å². The van der Waals surface area contributed by atoms with Crippen LogP contribution in [-0.2, 0) is 4.74 Å². The summed E-state index contributed by atoms with van der Waals surface area (Å²) in [5.74, 6) is 1.26. The van der Waals surface area contributed by atoms with Crippen LogP contribution in [0.4, 0.5) is 0 Å². The van der Waals surface area contributed by atoms with E-state index in [4.69, 9.17) is 4.74 Å². The van der Waals surface area contributed by atoms with E-state index in [0.717, 1.165) is 30.3 Å². The van der Waals surface area contributed by atoms with E-state index in [1.54, 1.807) is 23.9 Å². The summed E-state index contributed by atoms with van der Waals surface area (Å²) >= 11 is 1.71. The smallest absolute Gasteiger partial charge is 0.116 e. The van der Waals surface area contributed by atoms with Crippen molar-refractivity contribution in [2.45, 2.75) is 24.7 Å². The zero-order valence-electron chi connectivity index (χ0n) is 9.11. The van der Waals surface area contributed by atoms with Gasteiger partial charge in [0.25, 0.3) is 0 Å². The van der Waals surface area contributed by atoms with Crippen molar-refractivity contribution in [1.29, 1.82) is 0 Å². The van der Waals surface area contributed by atoms with Gasteiger partial charge < -0.3 is 9.84 Å². The topological polar surface area (TPSA) is 29.5 Å². The third-order valence-electron chi connectivity index (χ3n) is 1.96. The van der Waals surface area contributed by atoms with Crippen LogP contribution in [-0.4, -0.2) is 24.1 Å². The molecule has 1 rings (SSSR count). The SMILES string of the molecule is CCCCOCCSc1cccc(O)c1. The Morgan fingerprint density at radius 1 is 1.33 bits per heavy atom. The Morgan fingerprint density at radius 2 is 2.20 bits per heavy atom. The minimum absolute atomic E-state index is 0.326. The summed E-state index contributed by atoms with van der Waals surface area (Å²) in [7, 11) is 0. The summed E-state index contributed by atoms with van der Waals surface area (Å²) in [6.45, 7) is 3.79. The van der Waals surface area contributed by atoms with Crippen LogP contribution in [0.25, 0.3) is 0 Å². The molecule has 0 bridgehead atoms. The molecule has 1 N–H and O–H groups in total. The first-order valence-corrected chi connectivity index (χ1v) is 6.31. The minimum Gasteiger partial charge on any atom is -0.508 e. The van der Waals surface area contributed by atoms with Gasteiger partial charge in [-0.2, -0.15) is 0 Å². The molecular weight excluding hydrogens is 208 g/mol. The van der Waals surface area contributed by atoms with Crippen LogP contribution in [0.3, 0.4) is 0 Å². The molecule has 0 aliphatic carbocycles. The number of rotatable bonds is 7. The van der Waals surface area contributed by atoms with Crippen LogP contribution in [0.2, 0.25) is 0 Å². The fourth-order valence-electron chi connectivity index (χ4n) is 1.14. The Balaban J connectivity index is 2.10. The average Bonchev–Trinajstić information content (AvgIpc) is 2.23. The Kier molecular flexibility index (Phi) is 6.28. The molecule has 0 unspecified atom stereocenters. The molecule has 0 radical (unpaired) electrons. The molecule has 15 heavy (non-hydrogen) atoms. The van der Waals surface area contributed by atoms with Gasteiger partial charge in [-0.05, 0) is 24.6 Å². The Hall–Kier alpha value is -0.670. The lowest BCUT2D eigenvalue weighted by atomic mass is 10.3. The standard InChI is InChI=1S/C12H18O2S/c1-2-3-7-14-8-9-15-12-6-4-5-11(13)10-12/h4-6,10,13H,2-3,7-9H2,1H3. The Bertz CT molecular complexity index is 276. The van der Waals surface area contributed by atoms with E-state index < -0.39 is 0 Å². The zero-order valence-corrected chi connectivity index (χ0v) is 9.93. The number of phenolic OH excluding ortho intramolecular Hbond substituents is 1. The van der Waals surface area contributed by atoms with Crippen molar-refractivity contribution in [2.75, 3.05) is 19.0 Å². The predicted molar refractivity (Wildman–Crippen MR) is 64.6 cm³/mol. The number of aromatic hydroxyl groups is 1. The van der Waals surface area contributed by atoms with Crippen LogP contribution < -0.4 is 0 Å². The van der Waals surface area contributed by atoms with Crippen molar-refractivity contribution >= 4 is 11.8 Å². The monoisotopic (exact) mass is 226 g/mol. The molecule has 0 fully saturated rings. The van der Waals surface area contributed by atoms with E-state index in [0.29, 0.717) is 5.75 Å². The Morgan fingerprint density at radius 3 is 2.93 bits per heavy atom. The van der Waals surface area contributed by atoms with Crippen LogP contribution in [0.1, 0.15) is 19.8 Å². The first-order valence-electron chi connectivity index (χ1n) is 5.32. The van der Waals surface area contributed by atoms with Crippen molar-refractivity contribution in [3.63, 3.8) is 0 Å². The lowest BCUT2D eigenvalue weighted by molar-refractivity contribution is 0.147. The van der Waals surface area contributed by atoms with E-state index >= 15 is 0 Å². The van der Waals surface area contributed by atoms with Gasteiger partial charge in [0.1, 0.15) is 5.75 Å². The summed E-state index contributed by atoms with van der Waals surface area (Å²) in [5.41, 5.74) is 0. The summed E-state index contributed by atoms with van der Waals surface area (Å²) in [6.07, 6.45) is 2.32. The van der Waals surface area contributed by atoms with E-state index in [2.05, 4.69) is 6.92 Å². The van der Waals surface area contributed by atoms with Crippen molar-refractivity contribution in [2.24, 2.45) is 0 Å². The van der Waals surface area contributed by atoms with Gasteiger partial charge in [-0.15, -0.1) is 11.8 Å². The van der Waals surface area contributed by atoms with Gasteiger partial charge in [-0.1, -0.05) is 19.4 Å². The average molecular weight is 226 g/mol. The zero-order chi connectivity index (χ0) is 10.9. The van der Waals surface area contributed by atoms with Crippen LogP contribution in [0, 0.1) is 0 Å². The molecule has 0 aliphatic heterocycles. The fourth-order valence-corrected chi connectivity index (χ4v) is 1.96.